The van der Waals surface area contributed by atoms with E-state index in [2.05, 4.69) is 5.32 Å². The molecule has 0 saturated heterocycles. The van der Waals surface area contributed by atoms with Crippen LogP contribution < -0.4 is 10.1 Å². The molecule has 112 valence electrons. The normalized spacial score (nSPS) is 9.33. The summed E-state index contributed by atoms with van der Waals surface area (Å²) in [5.74, 6) is -0.0429. The number of benzene rings is 2. The van der Waals surface area contributed by atoms with Gasteiger partial charge in [-0.1, -0.05) is 37.6 Å². The number of carbonyl (C=O) groups is 1. The molecular formula is C16H18ClNO3. The molecule has 0 aliphatic carbocycles. The molecule has 5 heteroatoms. The largest absolute Gasteiger partial charge is 0.507 e. The number of anilines is 1. The highest BCUT2D eigenvalue weighted by Crippen LogP contribution is 2.26. The number of aromatic hydroxyl groups is 1. The van der Waals surface area contributed by atoms with Gasteiger partial charge in [0.25, 0.3) is 5.91 Å². The molecule has 0 aliphatic heterocycles. The minimum absolute atomic E-state index is 0.110. The lowest BCUT2D eigenvalue weighted by Crippen LogP contribution is -2.12. The summed E-state index contributed by atoms with van der Waals surface area (Å²) in [6.45, 7) is 4.00. The summed E-state index contributed by atoms with van der Waals surface area (Å²) in [6.07, 6.45) is 0. The van der Waals surface area contributed by atoms with Gasteiger partial charge in [0.2, 0.25) is 0 Å². The van der Waals surface area contributed by atoms with Crippen LogP contribution in [0.15, 0.2) is 42.5 Å². The Morgan fingerprint density at radius 1 is 1.19 bits per heavy atom. The van der Waals surface area contributed by atoms with Crippen LogP contribution >= 0.6 is 11.6 Å². The number of nitrogens with one attached hydrogen (secondary N) is 1. The molecule has 0 bridgehead atoms. The Hall–Kier alpha value is -2.20. The first-order chi connectivity index (χ1) is 10.1. The lowest BCUT2D eigenvalue weighted by molar-refractivity contribution is 0.102. The molecule has 0 spiro atoms. The Labute approximate surface area is 129 Å². The Bertz CT molecular complexity index is 614. The van der Waals surface area contributed by atoms with Crippen LogP contribution in [0.3, 0.4) is 0 Å². The first-order valence-corrected chi connectivity index (χ1v) is 6.92. The quantitative estimate of drug-likeness (QED) is 0.887. The van der Waals surface area contributed by atoms with Crippen molar-refractivity contribution in [1.82, 2.24) is 0 Å². The van der Waals surface area contributed by atoms with Crippen LogP contribution in [0.2, 0.25) is 5.02 Å². The molecule has 2 rings (SSSR count). The van der Waals surface area contributed by atoms with Gasteiger partial charge < -0.3 is 15.2 Å². The number of phenols is 1. The highest BCUT2D eigenvalue weighted by Gasteiger charge is 2.13. The van der Waals surface area contributed by atoms with E-state index in [0.29, 0.717) is 16.5 Å². The lowest BCUT2D eigenvalue weighted by atomic mass is 10.2. The molecule has 0 heterocycles. The van der Waals surface area contributed by atoms with E-state index in [4.69, 9.17) is 16.3 Å². The second kappa shape index (κ2) is 8.17. The fourth-order valence-electron chi connectivity index (χ4n) is 1.63. The molecule has 0 unspecified atom stereocenters. The van der Waals surface area contributed by atoms with Crippen molar-refractivity contribution in [2.45, 2.75) is 13.8 Å². The molecule has 0 radical (unpaired) electrons. The molecule has 0 atom stereocenters. The number of hydrogen-bond acceptors (Lipinski definition) is 3. The molecule has 21 heavy (non-hydrogen) atoms. The zero-order valence-electron chi connectivity index (χ0n) is 12.2. The van der Waals surface area contributed by atoms with E-state index >= 15 is 0 Å². The van der Waals surface area contributed by atoms with E-state index in [-0.39, 0.29) is 11.3 Å². The van der Waals surface area contributed by atoms with Gasteiger partial charge in [0, 0.05) is 5.02 Å². The predicted molar refractivity (Wildman–Crippen MR) is 85.4 cm³/mol. The van der Waals surface area contributed by atoms with Crippen LogP contribution in [0, 0.1) is 0 Å². The van der Waals surface area contributed by atoms with E-state index in [9.17, 15) is 9.90 Å². The van der Waals surface area contributed by atoms with Crippen molar-refractivity contribution in [2.24, 2.45) is 0 Å². The average Bonchev–Trinajstić information content (AvgIpc) is 2.52. The number of carbonyl (C=O) groups excluding carboxylic acids is 1. The summed E-state index contributed by atoms with van der Waals surface area (Å²) < 4.78 is 5.13. The maximum absolute atomic E-state index is 12.1. The van der Waals surface area contributed by atoms with Gasteiger partial charge in [-0.25, -0.2) is 0 Å². The fraction of sp³-hybridized carbons (Fsp3) is 0.188. The van der Waals surface area contributed by atoms with Crippen molar-refractivity contribution >= 4 is 23.2 Å². The van der Waals surface area contributed by atoms with Crippen molar-refractivity contribution in [3.05, 3.63) is 53.1 Å². The summed E-state index contributed by atoms with van der Waals surface area (Å²) in [5, 5.41) is 12.7. The van der Waals surface area contributed by atoms with Crippen molar-refractivity contribution in [3.63, 3.8) is 0 Å². The van der Waals surface area contributed by atoms with Crippen LogP contribution in [0.1, 0.15) is 24.2 Å². The van der Waals surface area contributed by atoms with E-state index < -0.39 is 5.91 Å². The van der Waals surface area contributed by atoms with Gasteiger partial charge in [0.05, 0.1) is 18.4 Å². The van der Waals surface area contributed by atoms with Crippen molar-refractivity contribution in [1.29, 1.82) is 0 Å². The standard InChI is InChI=1S/C14H12ClNO3.C2H6/c1-19-13-5-3-2-4-11(13)16-14(18)10-8-9(15)6-7-12(10)17;1-2/h2-8,17H,1H3,(H,16,18);1-2H3. The minimum atomic E-state index is -0.454. The van der Waals surface area contributed by atoms with Gasteiger partial charge in [-0.2, -0.15) is 0 Å². The third-order valence-electron chi connectivity index (χ3n) is 2.56. The molecule has 2 aromatic rings. The fourth-order valence-corrected chi connectivity index (χ4v) is 1.80. The van der Waals surface area contributed by atoms with Gasteiger partial charge in [-0.05, 0) is 30.3 Å². The Morgan fingerprint density at radius 2 is 1.86 bits per heavy atom. The predicted octanol–water partition coefficient (Wildman–Crippen LogP) is 4.33. The van der Waals surface area contributed by atoms with E-state index in [0.717, 1.165) is 0 Å². The van der Waals surface area contributed by atoms with E-state index in [1.807, 2.05) is 13.8 Å². The highest BCUT2D eigenvalue weighted by molar-refractivity contribution is 6.31. The number of amides is 1. The second-order valence-electron chi connectivity index (χ2n) is 3.82. The molecular weight excluding hydrogens is 290 g/mol. The average molecular weight is 308 g/mol. The molecule has 2 N–H and O–H groups in total. The molecule has 1 amide bonds. The summed E-state index contributed by atoms with van der Waals surface area (Å²) in [4.78, 5) is 12.1. The molecule has 0 aromatic heterocycles. The van der Waals surface area contributed by atoms with Crippen LogP contribution in [0.5, 0.6) is 11.5 Å². The topological polar surface area (TPSA) is 58.6 Å². The van der Waals surface area contributed by atoms with Gasteiger partial charge >= 0.3 is 0 Å². The van der Waals surface area contributed by atoms with Crippen molar-refractivity contribution in [2.75, 3.05) is 12.4 Å². The maximum atomic E-state index is 12.1. The first-order valence-electron chi connectivity index (χ1n) is 6.54. The number of rotatable bonds is 3. The number of ether oxygens (including phenoxy) is 1. The summed E-state index contributed by atoms with van der Waals surface area (Å²) >= 11 is 5.81. The number of para-hydroxylation sites is 2. The second-order valence-corrected chi connectivity index (χ2v) is 4.25. The number of halogens is 1. The van der Waals surface area contributed by atoms with Crippen LogP contribution in [-0.2, 0) is 0 Å². The summed E-state index contributed by atoms with van der Waals surface area (Å²) in [7, 11) is 1.52. The zero-order chi connectivity index (χ0) is 15.8. The van der Waals surface area contributed by atoms with Gasteiger partial charge in [0.15, 0.2) is 0 Å². The molecule has 0 saturated carbocycles. The SMILES string of the molecule is CC.COc1ccccc1NC(=O)c1cc(Cl)ccc1O. The Kier molecular flexibility index (Phi) is 6.56. The zero-order valence-corrected chi connectivity index (χ0v) is 12.9. The monoisotopic (exact) mass is 307 g/mol. The molecule has 2 aromatic carbocycles. The van der Waals surface area contributed by atoms with E-state index in [1.54, 1.807) is 24.3 Å². The number of methoxy groups -OCH3 is 1. The number of hydrogen-bond donors (Lipinski definition) is 2. The third kappa shape index (κ3) is 4.39. The first kappa shape index (κ1) is 16.9. The lowest BCUT2D eigenvalue weighted by Gasteiger charge is -2.10. The summed E-state index contributed by atoms with van der Waals surface area (Å²) in [6, 6.07) is 11.3. The smallest absolute Gasteiger partial charge is 0.259 e. The van der Waals surface area contributed by atoms with Gasteiger partial charge in [-0.15, -0.1) is 0 Å². The van der Waals surface area contributed by atoms with Crippen LogP contribution in [0.4, 0.5) is 5.69 Å². The van der Waals surface area contributed by atoms with Crippen LogP contribution in [-0.4, -0.2) is 18.1 Å². The molecule has 0 fully saturated rings. The van der Waals surface area contributed by atoms with Crippen LogP contribution in [0.25, 0.3) is 0 Å². The number of phenolic OH excluding ortho intramolecular Hbond substituents is 1. The maximum Gasteiger partial charge on any atom is 0.259 e. The highest BCUT2D eigenvalue weighted by atomic mass is 35.5. The minimum Gasteiger partial charge on any atom is -0.507 e. The van der Waals surface area contributed by atoms with Crippen molar-refractivity contribution in [3.8, 4) is 11.5 Å². The summed E-state index contributed by atoms with van der Waals surface area (Å²) in [5.41, 5.74) is 0.632. The van der Waals surface area contributed by atoms with E-state index in [1.165, 1.54) is 25.3 Å². The van der Waals surface area contributed by atoms with Crippen molar-refractivity contribution < 1.29 is 14.6 Å². The third-order valence-corrected chi connectivity index (χ3v) is 2.79. The molecule has 4 nitrogen and oxygen atoms in total. The Morgan fingerprint density at radius 3 is 2.52 bits per heavy atom. The molecule has 0 aliphatic rings. The van der Waals surface area contributed by atoms with Gasteiger partial charge in [0.1, 0.15) is 11.5 Å². The van der Waals surface area contributed by atoms with Gasteiger partial charge in [-0.3, -0.25) is 4.79 Å². The Balaban J connectivity index is 0.00000106.